The van der Waals surface area contributed by atoms with Gasteiger partial charge >= 0.3 is 0 Å². The number of hydrogen-bond donors (Lipinski definition) is 4. The number of aliphatic hydroxyl groups is 2. The van der Waals surface area contributed by atoms with Crippen LogP contribution in [0.3, 0.4) is 0 Å². The molecule has 1 rings (SSSR count). The first-order chi connectivity index (χ1) is 9.46. The van der Waals surface area contributed by atoms with E-state index in [2.05, 4.69) is 5.32 Å². The molecule has 1 aromatic rings. The topological polar surface area (TPSA) is 107 Å². The van der Waals surface area contributed by atoms with E-state index in [0.717, 1.165) is 5.56 Å². The van der Waals surface area contributed by atoms with Gasteiger partial charge in [0, 0.05) is 6.54 Å². The number of rotatable bonds is 9. The molecule has 1 aromatic carbocycles. The van der Waals surface area contributed by atoms with Crippen molar-refractivity contribution in [1.82, 2.24) is 5.32 Å². The van der Waals surface area contributed by atoms with Gasteiger partial charge in [-0.15, -0.1) is 0 Å². The molecule has 6 nitrogen and oxygen atoms in total. The fourth-order valence-electron chi connectivity index (χ4n) is 1.86. The molecule has 0 bridgehead atoms. The van der Waals surface area contributed by atoms with Crippen molar-refractivity contribution in [3.8, 4) is 0 Å². The second kappa shape index (κ2) is 8.33. The van der Waals surface area contributed by atoms with Gasteiger partial charge in [0.15, 0.2) is 0 Å². The summed E-state index contributed by atoms with van der Waals surface area (Å²) in [4.78, 5) is 0. The molecular formula is C13H21NO5S. The summed E-state index contributed by atoms with van der Waals surface area (Å²) in [5, 5.41) is 21.4. The van der Waals surface area contributed by atoms with Gasteiger partial charge in [-0.2, -0.15) is 8.42 Å². The Kier molecular flexibility index (Phi) is 7.11. The lowest BCUT2D eigenvalue weighted by Gasteiger charge is -2.09. The maximum absolute atomic E-state index is 10.5. The summed E-state index contributed by atoms with van der Waals surface area (Å²) in [6.45, 7) is 1.04. The number of hydrogen-bond acceptors (Lipinski definition) is 5. The Morgan fingerprint density at radius 2 is 1.75 bits per heavy atom. The smallest absolute Gasteiger partial charge is 0.264 e. The zero-order chi connectivity index (χ0) is 15.0. The van der Waals surface area contributed by atoms with Crippen LogP contribution in [-0.4, -0.2) is 35.5 Å². The van der Waals surface area contributed by atoms with E-state index in [1.54, 1.807) is 6.07 Å². The maximum Gasteiger partial charge on any atom is 0.264 e. The Hall–Kier alpha value is -0.990. The summed E-state index contributed by atoms with van der Waals surface area (Å²) in [7, 11) is -3.86. The van der Waals surface area contributed by atoms with E-state index >= 15 is 0 Å². The molecule has 0 spiro atoms. The van der Waals surface area contributed by atoms with Crippen LogP contribution in [0.5, 0.6) is 0 Å². The molecule has 0 aliphatic carbocycles. The third kappa shape index (κ3) is 6.44. The highest BCUT2D eigenvalue weighted by Crippen LogP contribution is 2.12. The Bertz CT molecular complexity index is 515. The summed E-state index contributed by atoms with van der Waals surface area (Å²) in [6, 6.07) is 5.48. The minimum absolute atomic E-state index is 0.0980. The molecule has 0 saturated carbocycles. The first-order valence-corrected chi connectivity index (χ1v) is 8.05. The van der Waals surface area contributed by atoms with Gasteiger partial charge in [0.2, 0.25) is 0 Å². The van der Waals surface area contributed by atoms with Crippen LogP contribution in [0.2, 0.25) is 0 Å². The molecule has 0 aliphatic rings. The molecule has 0 fully saturated rings. The van der Waals surface area contributed by atoms with Gasteiger partial charge in [-0.1, -0.05) is 18.2 Å². The van der Waals surface area contributed by atoms with E-state index < -0.39 is 10.1 Å². The van der Waals surface area contributed by atoms with E-state index in [1.165, 1.54) is 0 Å². The molecular weight excluding hydrogens is 282 g/mol. The molecule has 0 saturated heterocycles. The van der Waals surface area contributed by atoms with Crippen LogP contribution < -0.4 is 5.32 Å². The summed E-state index contributed by atoms with van der Waals surface area (Å²) in [5.41, 5.74) is 2.41. The lowest BCUT2D eigenvalue weighted by Crippen LogP contribution is -2.16. The van der Waals surface area contributed by atoms with Gasteiger partial charge in [-0.05, 0) is 36.1 Å². The first-order valence-electron chi connectivity index (χ1n) is 6.44. The van der Waals surface area contributed by atoms with Crippen LogP contribution in [0.1, 0.15) is 29.5 Å². The van der Waals surface area contributed by atoms with Gasteiger partial charge in [-0.25, -0.2) is 0 Å². The standard InChI is InChI=1S/C13H21NO5S/c15-9-12-4-3-11(7-13(12)10-16)8-14-5-1-2-6-20(17,18)19/h3-4,7,14-16H,1-2,5-6,8-10H2,(H,17,18,19). The third-order valence-corrected chi connectivity index (χ3v) is 3.75. The van der Waals surface area contributed by atoms with E-state index in [1.807, 2.05) is 12.1 Å². The molecule has 0 unspecified atom stereocenters. The van der Waals surface area contributed by atoms with E-state index in [0.29, 0.717) is 37.1 Å². The number of nitrogens with one attached hydrogen (secondary N) is 1. The van der Waals surface area contributed by atoms with Crippen LogP contribution in [0, 0.1) is 0 Å². The molecule has 0 atom stereocenters. The predicted molar refractivity (Wildman–Crippen MR) is 75.6 cm³/mol. The largest absolute Gasteiger partial charge is 0.392 e. The van der Waals surface area contributed by atoms with Crippen molar-refractivity contribution in [1.29, 1.82) is 0 Å². The highest BCUT2D eigenvalue weighted by Gasteiger charge is 2.04. The third-order valence-electron chi connectivity index (χ3n) is 2.95. The van der Waals surface area contributed by atoms with Gasteiger partial charge in [0.1, 0.15) is 0 Å². The molecule has 0 aromatic heterocycles. The average molecular weight is 303 g/mol. The van der Waals surface area contributed by atoms with Gasteiger partial charge in [0.25, 0.3) is 10.1 Å². The molecule has 0 amide bonds. The molecule has 0 radical (unpaired) electrons. The quantitative estimate of drug-likeness (QED) is 0.389. The second-order valence-corrected chi connectivity index (χ2v) is 6.16. The zero-order valence-corrected chi connectivity index (χ0v) is 12.1. The fraction of sp³-hybridized carbons (Fsp3) is 0.538. The van der Waals surface area contributed by atoms with E-state index in [9.17, 15) is 13.5 Å². The highest BCUT2D eigenvalue weighted by molar-refractivity contribution is 7.85. The maximum atomic E-state index is 10.5. The summed E-state index contributed by atoms with van der Waals surface area (Å²) < 4.78 is 29.6. The Morgan fingerprint density at radius 3 is 2.35 bits per heavy atom. The fourth-order valence-corrected chi connectivity index (χ4v) is 2.43. The Labute approximate surface area is 119 Å². The first kappa shape index (κ1) is 17.1. The van der Waals surface area contributed by atoms with Crippen LogP contribution in [-0.2, 0) is 29.9 Å². The van der Waals surface area contributed by atoms with Crippen LogP contribution in [0.15, 0.2) is 18.2 Å². The van der Waals surface area contributed by atoms with Gasteiger partial charge in [-0.3, -0.25) is 4.55 Å². The number of aliphatic hydroxyl groups excluding tert-OH is 2. The summed E-state index contributed by atoms with van der Waals surface area (Å²) >= 11 is 0. The van der Waals surface area contributed by atoms with Crippen molar-refractivity contribution < 1.29 is 23.2 Å². The molecule has 0 heterocycles. The minimum atomic E-state index is -3.86. The predicted octanol–water partition coefficient (Wildman–Crippen LogP) is 0.429. The van der Waals surface area contributed by atoms with Crippen LogP contribution >= 0.6 is 0 Å². The highest BCUT2D eigenvalue weighted by atomic mass is 32.2. The van der Waals surface area contributed by atoms with Gasteiger partial charge in [0.05, 0.1) is 19.0 Å². The zero-order valence-electron chi connectivity index (χ0n) is 11.2. The lowest BCUT2D eigenvalue weighted by atomic mass is 10.0. The summed E-state index contributed by atoms with van der Waals surface area (Å²) in [5.74, 6) is -0.214. The SMILES string of the molecule is O=S(=O)(O)CCCCNCc1ccc(CO)c(CO)c1. The van der Waals surface area contributed by atoms with Crippen molar-refractivity contribution in [3.63, 3.8) is 0 Å². The molecule has 4 N–H and O–H groups in total. The molecule has 0 aliphatic heterocycles. The monoisotopic (exact) mass is 303 g/mol. The Morgan fingerprint density at radius 1 is 1.05 bits per heavy atom. The average Bonchev–Trinajstić information content (AvgIpc) is 2.41. The molecule has 20 heavy (non-hydrogen) atoms. The number of unbranched alkanes of at least 4 members (excludes halogenated alkanes) is 1. The second-order valence-electron chi connectivity index (χ2n) is 4.59. The van der Waals surface area contributed by atoms with E-state index in [4.69, 9.17) is 9.66 Å². The van der Waals surface area contributed by atoms with Crippen molar-refractivity contribution in [2.75, 3.05) is 12.3 Å². The normalized spacial score (nSPS) is 11.8. The molecule has 7 heteroatoms. The minimum Gasteiger partial charge on any atom is -0.392 e. The van der Waals surface area contributed by atoms with Crippen molar-refractivity contribution >= 4 is 10.1 Å². The van der Waals surface area contributed by atoms with E-state index in [-0.39, 0.29) is 19.0 Å². The number of benzene rings is 1. The Balaban J connectivity index is 2.32. The van der Waals surface area contributed by atoms with Crippen molar-refractivity contribution in [2.24, 2.45) is 0 Å². The van der Waals surface area contributed by atoms with Crippen LogP contribution in [0.25, 0.3) is 0 Å². The van der Waals surface area contributed by atoms with Crippen molar-refractivity contribution in [2.45, 2.75) is 32.6 Å². The lowest BCUT2D eigenvalue weighted by molar-refractivity contribution is 0.260. The van der Waals surface area contributed by atoms with Crippen molar-refractivity contribution in [3.05, 3.63) is 34.9 Å². The summed E-state index contributed by atoms with van der Waals surface area (Å²) in [6.07, 6.45) is 1.07. The van der Waals surface area contributed by atoms with Crippen LogP contribution in [0.4, 0.5) is 0 Å². The van der Waals surface area contributed by atoms with Gasteiger partial charge < -0.3 is 15.5 Å². The molecule has 114 valence electrons.